The van der Waals surface area contributed by atoms with Gasteiger partial charge in [-0.25, -0.2) is 4.98 Å². The molecule has 3 aromatic rings. The van der Waals surface area contributed by atoms with E-state index in [1.807, 2.05) is 0 Å². The number of carbonyl (C=O) groups excluding carboxylic acids is 1. The highest BCUT2D eigenvalue weighted by Gasteiger charge is 2.18. The van der Waals surface area contributed by atoms with Gasteiger partial charge in [0.15, 0.2) is 0 Å². The van der Waals surface area contributed by atoms with Crippen molar-refractivity contribution in [3.63, 3.8) is 0 Å². The fourth-order valence-electron chi connectivity index (χ4n) is 2.46. The van der Waals surface area contributed by atoms with Crippen LogP contribution in [0.2, 0.25) is 10.0 Å². The van der Waals surface area contributed by atoms with Gasteiger partial charge in [-0.2, -0.15) is 0 Å². The lowest BCUT2D eigenvalue weighted by Gasteiger charge is -2.15. The Balaban J connectivity index is 1.79. The summed E-state index contributed by atoms with van der Waals surface area (Å²) in [6.07, 6.45) is 3.04. The van der Waals surface area contributed by atoms with E-state index in [4.69, 9.17) is 27.6 Å². The molecule has 1 N–H and O–H groups in total. The zero-order chi connectivity index (χ0) is 18.7. The molecule has 0 spiro atoms. The van der Waals surface area contributed by atoms with Crippen LogP contribution >= 0.6 is 23.2 Å². The number of furan rings is 1. The molecule has 0 radical (unpaired) electrons. The van der Waals surface area contributed by atoms with Crippen molar-refractivity contribution in [3.8, 4) is 0 Å². The van der Waals surface area contributed by atoms with Crippen molar-refractivity contribution < 1.29 is 9.21 Å². The summed E-state index contributed by atoms with van der Waals surface area (Å²) in [5, 5.41) is 0.969. The molecule has 0 aliphatic rings. The van der Waals surface area contributed by atoms with Crippen LogP contribution in [0.25, 0.3) is 0 Å². The first kappa shape index (κ1) is 18.2. The summed E-state index contributed by atoms with van der Waals surface area (Å²) in [5.41, 5.74) is 0.0931. The van der Waals surface area contributed by atoms with Crippen LogP contribution in [0.15, 0.2) is 52.0 Å². The highest BCUT2D eigenvalue weighted by molar-refractivity contribution is 6.36. The molecule has 2 aromatic heterocycles. The summed E-state index contributed by atoms with van der Waals surface area (Å²) in [5.74, 6) is 0.544. The third-order valence-electron chi connectivity index (χ3n) is 3.81. The topological polar surface area (TPSA) is 79.2 Å². The number of H-pyrrole nitrogens is 1. The molecule has 26 heavy (non-hydrogen) atoms. The minimum atomic E-state index is -0.519. The van der Waals surface area contributed by atoms with E-state index in [9.17, 15) is 9.59 Å². The Morgan fingerprint density at radius 3 is 2.58 bits per heavy atom. The predicted octanol–water partition coefficient (Wildman–Crippen LogP) is 3.53. The number of halogens is 2. The summed E-state index contributed by atoms with van der Waals surface area (Å²) < 4.78 is 5.21. The van der Waals surface area contributed by atoms with Crippen LogP contribution in [0.5, 0.6) is 0 Å². The van der Waals surface area contributed by atoms with Gasteiger partial charge in [0.1, 0.15) is 17.1 Å². The Morgan fingerprint density at radius 2 is 1.96 bits per heavy atom. The van der Waals surface area contributed by atoms with Crippen LogP contribution in [0.3, 0.4) is 0 Å². The number of hydrogen-bond acceptors (Lipinski definition) is 4. The summed E-state index contributed by atoms with van der Waals surface area (Å²) in [6.45, 7) is 0.252. The van der Waals surface area contributed by atoms with E-state index in [-0.39, 0.29) is 18.5 Å². The number of nitrogens with zero attached hydrogens (tertiary/aromatic N) is 2. The maximum Gasteiger partial charge on any atom is 0.263 e. The van der Waals surface area contributed by atoms with Crippen LogP contribution in [-0.4, -0.2) is 27.8 Å². The number of rotatable bonds is 5. The van der Waals surface area contributed by atoms with Gasteiger partial charge in [-0.3, -0.25) is 9.59 Å². The van der Waals surface area contributed by atoms with Gasteiger partial charge in [0, 0.05) is 29.7 Å². The fraction of sp³-hybridized carbons (Fsp3) is 0.167. The maximum absolute atomic E-state index is 12.5. The van der Waals surface area contributed by atoms with Gasteiger partial charge in [0.2, 0.25) is 0 Å². The highest BCUT2D eigenvalue weighted by Crippen LogP contribution is 2.25. The molecule has 0 aliphatic carbocycles. The third kappa shape index (κ3) is 3.98. The quantitative estimate of drug-likeness (QED) is 0.721. The van der Waals surface area contributed by atoms with Crippen molar-refractivity contribution in [1.29, 1.82) is 0 Å². The Kier molecular flexibility index (Phi) is 5.44. The second kappa shape index (κ2) is 7.76. The van der Waals surface area contributed by atoms with Crippen molar-refractivity contribution in [2.24, 2.45) is 0 Å². The molecular formula is C18H15Cl2N3O3. The molecule has 2 heterocycles. The first-order valence-corrected chi connectivity index (χ1v) is 8.50. The Labute approximate surface area is 159 Å². The minimum Gasteiger partial charge on any atom is -0.467 e. The van der Waals surface area contributed by atoms with E-state index >= 15 is 0 Å². The van der Waals surface area contributed by atoms with Gasteiger partial charge in [0.05, 0.1) is 12.8 Å². The molecule has 134 valence electrons. The molecule has 1 amide bonds. The second-order valence-electron chi connectivity index (χ2n) is 5.69. The van der Waals surface area contributed by atoms with E-state index in [0.29, 0.717) is 27.2 Å². The summed E-state index contributed by atoms with van der Waals surface area (Å²) >= 11 is 12.3. The summed E-state index contributed by atoms with van der Waals surface area (Å²) in [4.78, 5) is 32.9. The first-order valence-electron chi connectivity index (χ1n) is 7.74. The highest BCUT2D eigenvalue weighted by atomic mass is 35.5. The van der Waals surface area contributed by atoms with Crippen molar-refractivity contribution >= 4 is 29.1 Å². The third-order valence-corrected chi connectivity index (χ3v) is 4.52. The van der Waals surface area contributed by atoms with Gasteiger partial charge < -0.3 is 14.3 Å². The molecule has 8 heteroatoms. The molecule has 0 aliphatic heterocycles. The smallest absolute Gasteiger partial charge is 0.263 e. The van der Waals surface area contributed by atoms with E-state index in [2.05, 4.69) is 9.97 Å². The maximum atomic E-state index is 12.5. The Hall–Kier alpha value is -2.57. The van der Waals surface area contributed by atoms with Crippen molar-refractivity contribution in [2.45, 2.75) is 13.0 Å². The van der Waals surface area contributed by atoms with E-state index < -0.39 is 11.5 Å². The lowest BCUT2D eigenvalue weighted by Crippen LogP contribution is -2.32. The number of hydrogen-bond donors (Lipinski definition) is 1. The molecule has 1 aromatic carbocycles. The minimum absolute atomic E-state index is 0.0481. The number of amides is 1. The zero-order valence-corrected chi connectivity index (χ0v) is 15.3. The van der Waals surface area contributed by atoms with Gasteiger partial charge in [-0.15, -0.1) is 0 Å². The SMILES string of the molecule is CN(Cc1ccco1)C(=O)c1cnc(Cc2c(Cl)cccc2Cl)[nH]c1=O. The van der Waals surface area contributed by atoms with Crippen LogP contribution < -0.4 is 5.56 Å². The number of aromatic amines is 1. The van der Waals surface area contributed by atoms with Crippen molar-refractivity contribution in [1.82, 2.24) is 14.9 Å². The van der Waals surface area contributed by atoms with Crippen molar-refractivity contribution in [2.75, 3.05) is 7.05 Å². The van der Waals surface area contributed by atoms with E-state index in [1.165, 1.54) is 17.4 Å². The van der Waals surface area contributed by atoms with Gasteiger partial charge >= 0.3 is 0 Å². The lowest BCUT2D eigenvalue weighted by atomic mass is 10.1. The average molecular weight is 392 g/mol. The second-order valence-corrected chi connectivity index (χ2v) is 6.50. The number of aromatic nitrogens is 2. The lowest BCUT2D eigenvalue weighted by molar-refractivity contribution is 0.0773. The van der Waals surface area contributed by atoms with Crippen LogP contribution in [0, 0.1) is 0 Å². The monoisotopic (exact) mass is 391 g/mol. The van der Waals surface area contributed by atoms with E-state index in [0.717, 1.165) is 0 Å². The molecule has 0 fully saturated rings. The van der Waals surface area contributed by atoms with Gasteiger partial charge in [0.25, 0.3) is 11.5 Å². The molecule has 0 bridgehead atoms. The zero-order valence-electron chi connectivity index (χ0n) is 13.8. The summed E-state index contributed by atoms with van der Waals surface area (Å²) in [6, 6.07) is 8.64. The van der Waals surface area contributed by atoms with Gasteiger partial charge in [-0.05, 0) is 29.8 Å². The van der Waals surface area contributed by atoms with Gasteiger partial charge in [-0.1, -0.05) is 29.3 Å². The van der Waals surface area contributed by atoms with Crippen LogP contribution in [-0.2, 0) is 13.0 Å². The number of benzene rings is 1. The number of carbonyl (C=O) groups is 1. The first-order chi connectivity index (χ1) is 12.5. The standard InChI is InChI=1S/C18H15Cl2N3O3/c1-23(10-11-4-3-7-26-11)18(25)13-9-21-16(22-17(13)24)8-12-14(19)5-2-6-15(12)20/h2-7,9H,8,10H2,1H3,(H,21,22,24). The summed E-state index contributed by atoms with van der Waals surface area (Å²) in [7, 11) is 1.59. The normalized spacial score (nSPS) is 10.7. The van der Waals surface area contributed by atoms with Crippen LogP contribution in [0.4, 0.5) is 0 Å². The molecule has 0 saturated heterocycles. The fourth-order valence-corrected chi connectivity index (χ4v) is 2.99. The predicted molar refractivity (Wildman–Crippen MR) is 98.6 cm³/mol. The Bertz CT molecular complexity index is 963. The molecule has 0 atom stereocenters. The largest absolute Gasteiger partial charge is 0.467 e. The van der Waals surface area contributed by atoms with E-state index in [1.54, 1.807) is 37.4 Å². The molecule has 6 nitrogen and oxygen atoms in total. The average Bonchev–Trinajstić information content (AvgIpc) is 3.11. The molecule has 0 unspecified atom stereocenters. The van der Waals surface area contributed by atoms with Crippen molar-refractivity contribution in [3.05, 3.63) is 85.9 Å². The van der Waals surface area contributed by atoms with Crippen LogP contribution in [0.1, 0.15) is 27.5 Å². The number of nitrogens with one attached hydrogen (secondary N) is 1. The molecule has 0 saturated carbocycles. The Morgan fingerprint density at radius 1 is 1.23 bits per heavy atom. The molecular weight excluding hydrogens is 377 g/mol. The molecule has 3 rings (SSSR count).